The topological polar surface area (TPSA) is 58.9 Å². The number of benzene rings is 2. The van der Waals surface area contributed by atoms with Crippen LogP contribution in [0.2, 0.25) is 0 Å². The van der Waals surface area contributed by atoms with E-state index in [4.69, 9.17) is 7.85 Å². The first-order valence-corrected chi connectivity index (χ1v) is 7.51. The second-order valence-corrected chi connectivity index (χ2v) is 5.50. The van der Waals surface area contributed by atoms with E-state index in [2.05, 4.69) is 4.98 Å². The number of hydrogen-bond acceptors (Lipinski definition) is 2. The number of nitro benzene ring substituents is 1. The molecule has 0 spiro atoms. The standard InChI is InChI=1S/C19H15BN2O2/c1-13(3-2-9-20)14-4-6-15(7-5-14)18-12-17(22(23)24)11-16-8-10-21-19(16)18/h2-12,21H,1H3/b9-2-,13-3+. The minimum atomic E-state index is -0.365. The van der Waals surface area contributed by atoms with Crippen molar-refractivity contribution in [3.8, 4) is 11.1 Å². The van der Waals surface area contributed by atoms with Gasteiger partial charge in [-0.1, -0.05) is 36.4 Å². The van der Waals surface area contributed by atoms with Gasteiger partial charge in [-0.25, -0.2) is 0 Å². The van der Waals surface area contributed by atoms with E-state index in [9.17, 15) is 10.1 Å². The molecule has 3 aromatic rings. The first kappa shape index (κ1) is 15.8. The van der Waals surface area contributed by atoms with Gasteiger partial charge in [0.2, 0.25) is 0 Å². The van der Waals surface area contributed by atoms with Crippen molar-refractivity contribution in [1.82, 2.24) is 4.98 Å². The van der Waals surface area contributed by atoms with E-state index >= 15 is 0 Å². The molecule has 5 heteroatoms. The number of rotatable bonds is 4. The molecule has 2 radical (unpaired) electrons. The van der Waals surface area contributed by atoms with Crippen LogP contribution in [0.5, 0.6) is 0 Å². The van der Waals surface area contributed by atoms with Gasteiger partial charge in [-0.2, -0.15) is 0 Å². The van der Waals surface area contributed by atoms with Crippen LogP contribution >= 0.6 is 0 Å². The number of hydrogen-bond donors (Lipinski definition) is 1. The van der Waals surface area contributed by atoms with Crippen LogP contribution in [0.4, 0.5) is 5.69 Å². The molecule has 0 aliphatic heterocycles. The van der Waals surface area contributed by atoms with Crippen molar-refractivity contribution >= 4 is 30.0 Å². The Bertz CT molecular complexity index is 953. The van der Waals surface area contributed by atoms with Gasteiger partial charge in [-0.15, -0.1) is 5.98 Å². The highest BCUT2D eigenvalue weighted by atomic mass is 16.6. The molecule has 0 amide bonds. The third kappa shape index (κ3) is 3.01. The van der Waals surface area contributed by atoms with E-state index in [1.807, 2.05) is 43.3 Å². The zero-order valence-electron chi connectivity index (χ0n) is 13.2. The maximum Gasteiger partial charge on any atom is 0.270 e. The molecule has 0 aliphatic rings. The number of fused-ring (bicyclic) bond motifs is 1. The Kier molecular flexibility index (Phi) is 4.34. The van der Waals surface area contributed by atoms with E-state index in [0.717, 1.165) is 33.2 Å². The quantitative estimate of drug-likeness (QED) is 0.324. The van der Waals surface area contributed by atoms with E-state index in [0.29, 0.717) is 0 Å². The highest BCUT2D eigenvalue weighted by Gasteiger charge is 2.13. The minimum Gasteiger partial charge on any atom is -0.361 e. The Morgan fingerprint density at radius 3 is 2.62 bits per heavy atom. The smallest absolute Gasteiger partial charge is 0.270 e. The number of nitro groups is 1. The van der Waals surface area contributed by atoms with E-state index in [1.165, 1.54) is 5.98 Å². The molecule has 24 heavy (non-hydrogen) atoms. The minimum absolute atomic E-state index is 0.0883. The summed E-state index contributed by atoms with van der Waals surface area (Å²) in [7, 11) is 5.35. The number of allylic oxidation sites excluding steroid dienone is 3. The molecule has 4 nitrogen and oxygen atoms in total. The lowest BCUT2D eigenvalue weighted by Gasteiger charge is -2.07. The van der Waals surface area contributed by atoms with E-state index < -0.39 is 0 Å². The summed E-state index contributed by atoms with van der Waals surface area (Å²) < 4.78 is 0. The maximum absolute atomic E-state index is 11.2. The first-order valence-electron chi connectivity index (χ1n) is 7.51. The van der Waals surface area contributed by atoms with Gasteiger partial charge in [0.1, 0.15) is 7.85 Å². The number of nitrogens with zero attached hydrogens (tertiary/aromatic N) is 1. The summed E-state index contributed by atoms with van der Waals surface area (Å²) in [6, 6.07) is 13.0. The molecular weight excluding hydrogens is 299 g/mol. The molecule has 0 bridgehead atoms. The lowest BCUT2D eigenvalue weighted by molar-refractivity contribution is -0.384. The predicted molar refractivity (Wildman–Crippen MR) is 98.9 cm³/mol. The highest BCUT2D eigenvalue weighted by molar-refractivity contribution is 6.17. The van der Waals surface area contributed by atoms with Crippen molar-refractivity contribution in [2.45, 2.75) is 6.92 Å². The van der Waals surface area contributed by atoms with Crippen LogP contribution in [0.15, 0.2) is 66.8 Å². The molecular formula is C19H15BN2O2. The average Bonchev–Trinajstić information content (AvgIpc) is 3.07. The van der Waals surface area contributed by atoms with Gasteiger partial charge < -0.3 is 4.98 Å². The zero-order valence-corrected chi connectivity index (χ0v) is 13.2. The number of nitrogens with one attached hydrogen (secondary N) is 1. The highest BCUT2D eigenvalue weighted by Crippen LogP contribution is 2.32. The first-order chi connectivity index (χ1) is 11.6. The van der Waals surface area contributed by atoms with Crippen molar-refractivity contribution < 1.29 is 4.92 Å². The zero-order chi connectivity index (χ0) is 17.1. The number of aromatic amines is 1. The number of H-pyrrole nitrogens is 1. The van der Waals surface area contributed by atoms with Crippen molar-refractivity contribution in [2.24, 2.45) is 0 Å². The van der Waals surface area contributed by atoms with Crippen LogP contribution in [-0.4, -0.2) is 17.8 Å². The van der Waals surface area contributed by atoms with Gasteiger partial charge in [0.25, 0.3) is 5.69 Å². The van der Waals surface area contributed by atoms with Crippen LogP contribution in [0, 0.1) is 10.1 Å². The Morgan fingerprint density at radius 2 is 1.96 bits per heavy atom. The van der Waals surface area contributed by atoms with Crippen LogP contribution < -0.4 is 0 Å². The third-order valence-electron chi connectivity index (χ3n) is 3.96. The van der Waals surface area contributed by atoms with Crippen molar-refractivity contribution in [3.63, 3.8) is 0 Å². The van der Waals surface area contributed by atoms with E-state index in [1.54, 1.807) is 24.4 Å². The van der Waals surface area contributed by atoms with Gasteiger partial charge in [0, 0.05) is 29.3 Å². The molecule has 0 aliphatic carbocycles. The fraction of sp³-hybridized carbons (Fsp3) is 0.0526. The van der Waals surface area contributed by atoms with Gasteiger partial charge >= 0.3 is 0 Å². The summed E-state index contributed by atoms with van der Waals surface area (Å²) in [5, 5.41) is 12.0. The van der Waals surface area contributed by atoms with Crippen molar-refractivity contribution in [3.05, 3.63) is 82.5 Å². The van der Waals surface area contributed by atoms with Crippen molar-refractivity contribution in [2.75, 3.05) is 0 Å². The Morgan fingerprint density at radius 1 is 1.21 bits per heavy atom. The number of non-ortho nitro benzene ring substituents is 1. The molecule has 1 aromatic heterocycles. The molecule has 0 saturated heterocycles. The molecule has 2 aromatic carbocycles. The normalized spacial score (nSPS) is 12.1. The average molecular weight is 314 g/mol. The van der Waals surface area contributed by atoms with Crippen molar-refractivity contribution in [1.29, 1.82) is 0 Å². The monoisotopic (exact) mass is 314 g/mol. The lowest BCUT2D eigenvalue weighted by atomic mass is 9.98. The third-order valence-corrected chi connectivity index (χ3v) is 3.96. The van der Waals surface area contributed by atoms with Gasteiger partial charge in [-0.3, -0.25) is 10.1 Å². The molecule has 0 fully saturated rings. The molecule has 0 atom stereocenters. The summed E-state index contributed by atoms with van der Waals surface area (Å²) in [6.07, 6.45) is 5.51. The van der Waals surface area contributed by atoms with Crippen LogP contribution in [0.3, 0.4) is 0 Å². The molecule has 116 valence electrons. The molecule has 1 heterocycles. The van der Waals surface area contributed by atoms with Crippen LogP contribution in [0.25, 0.3) is 27.6 Å². The molecule has 3 rings (SSSR count). The lowest BCUT2D eigenvalue weighted by Crippen LogP contribution is -1.90. The Balaban J connectivity index is 2.07. The number of aromatic nitrogens is 1. The summed E-state index contributed by atoms with van der Waals surface area (Å²) in [5.74, 6) is 1.49. The predicted octanol–water partition coefficient (Wildman–Crippen LogP) is 4.83. The largest absolute Gasteiger partial charge is 0.361 e. The fourth-order valence-electron chi connectivity index (χ4n) is 2.70. The Labute approximate surface area is 141 Å². The second-order valence-electron chi connectivity index (χ2n) is 5.50. The van der Waals surface area contributed by atoms with E-state index in [-0.39, 0.29) is 10.6 Å². The maximum atomic E-state index is 11.2. The summed E-state index contributed by atoms with van der Waals surface area (Å²) in [5.41, 5.74) is 4.89. The van der Waals surface area contributed by atoms with Crippen LogP contribution in [0.1, 0.15) is 12.5 Å². The summed E-state index contributed by atoms with van der Waals surface area (Å²) in [4.78, 5) is 14.0. The van der Waals surface area contributed by atoms with Crippen LogP contribution in [-0.2, 0) is 0 Å². The summed E-state index contributed by atoms with van der Waals surface area (Å²) in [6.45, 7) is 2.01. The SMILES string of the molecule is [B]/C=C\C=C(/C)c1ccc(-c2cc([N+](=O)[O-])cc3cc[nH]c23)cc1. The molecule has 0 unspecified atom stereocenters. The Hall–Kier alpha value is -3.08. The molecule has 1 N–H and O–H groups in total. The van der Waals surface area contributed by atoms with Gasteiger partial charge in [0.05, 0.1) is 10.4 Å². The molecule has 0 saturated carbocycles. The fourth-order valence-corrected chi connectivity index (χ4v) is 2.70. The summed E-state index contributed by atoms with van der Waals surface area (Å²) >= 11 is 0. The van der Waals surface area contributed by atoms with Gasteiger partial charge in [-0.05, 0) is 29.7 Å². The second kappa shape index (κ2) is 6.58. The van der Waals surface area contributed by atoms with Gasteiger partial charge in [0.15, 0.2) is 0 Å².